The van der Waals surface area contributed by atoms with Gasteiger partial charge in [-0.3, -0.25) is 9.78 Å². The summed E-state index contributed by atoms with van der Waals surface area (Å²) < 4.78 is 5.61. The lowest BCUT2D eigenvalue weighted by molar-refractivity contribution is 0.102. The zero-order chi connectivity index (χ0) is 16.1. The van der Waals surface area contributed by atoms with Crippen molar-refractivity contribution >= 4 is 11.6 Å². The molecule has 6 nitrogen and oxygen atoms in total. The number of aryl methyl sites for hydroxylation is 1. The van der Waals surface area contributed by atoms with Crippen LogP contribution in [0.25, 0.3) is 0 Å². The van der Waals surface area contributed by atoms with E-state index in [1.54, 1.807) is 54.9 Å². The van der Waals surface area contributed by atoms with Gasteiger partial charge in [-0.25, -0.2) is 0 Å². The van der Waals surface area contributed by atoms with Crippen molar-refractivity contribution in [2.45, 2.75) is 6.92 Å². The molecule has 1 aromatic carbocycles. The standard InChI is InChI=1S/C17H14N4O2/c1-12-5-6-16(21-20-12)23-15-4-2-3-13(11-15)17(22)19-14-7-9-18-10-8-14/h2-11H,1H3,(H,18,19,22). The van der Waals surface area contributed by atoms with Crippen LogP contribution in [0.3, 0.4) is 0 Å². The highest BCUT2D eigenvalue weighted by Crippen LogP contribution is 2.20. The highest BCUT2D eigenvalue weighted by atomic mass is 16.5. The molecule has 0 aliphatic carbocycles. The van der Waals surface area contributed by atoms with Crippen molar-refractivity contribution in [3.63, 3.8) is 0 Å². The average Bonchev–Trinajstić information content (AvgIpc) is 2.58. The number of hydrogen-bond acceptors (Lipinski definition) is 5. The Hall–Kier alpha value is -3.28. The van der Waals surface area contributed by atoms with Crippen LogP contribution in [-0.2, 0) is 0 Å². The SMILES string of the molecule is Cc1ccc(Oc2cccc(C(=O)Nc3ccncc3)c2)nn1. The van der Waals surface area contributed by atoms with E-state index in [1.807, 2.05) is 13.0 Å². The smallest absolute Gasteiger partial charge is 0.255 e. The van der Waals surface area contributed by atoms with Crippen molar-refractivity contribution in [3.05, 3.63) is 72.2 Å². The molecule has 0 aliphatic heterocycles. The van der Waals surface area contributed by atoms with Crippen LogP contribution in [0.4, 0.5) is 5.69 Å². The van der Waals surface area contributed by atoms with Gasteiger partial charge in [0.2, 0.25) is 5.88 Å². The number of amides is 1. The van der Waals surface area contributed by atoms with E-state index < -0.39 is 0 Å². The topological polar surface area (TPSA) is 77.0 Å². The van der Waals surface area contributed by atoms with Crippen LogP contribution in [-0.4, -0.2) is 21.1 Å². The highest BCUT2D eigenvalue weighted by molar-refractivity contribution is 6.04. The van der Waals surface area contributed by atoms with Gasteiger partial charge in [-0.2, -0.15) is 5.10 Å². The molecule has 0 fully saturated rings. The van der Waals surface area contributed by atoms with Crippen molar-refractivity contribution in [2.24, 2.45) is 0 Å². The number of benzene rings is 1. The van der Waals surface area contributed by atoms with E-state index in [0.717, 1.165) is 5.69 Å². The monoisotopic (exact) mass is 306 g/mol. The first-order valence-electron chi connectivity index (χ1n) is 7.00. The minimum absolute atomic E-state index is 0.225. The van der Waals surface area contributed by atoms with Gasteiger partial charge in [0.25, 0.3) is 5.91 Å². The number of carbonyl (C=O) groups is 1. The first kappa shape index (κ1) is 14.6. The largest absolute Gasteiger partial charge is 0.438 e. The molecule has 0 spiro atoms. The molecular weight excluding hydrogens is 292 g/mol. The van der Waals surface area contributed by atoms with E-state index in [0.29, 0.717) is 22.9 Å². The lowest BCUT2D eigenvalue weighted by atomic mass is 10.2. The molecule has 3 rings (SSSR count). The summed E-state index contributed by atoms with van der Waals surface area (Å²) in [5.41, 5.74) is 1.97. The lowest BCUT2D eigenvalue weighted by Gasteiger charge is -2.07. The zero-order valence-electron chi connectivity index (χ0n) is 12.4. The van der Waals surface area contributed by atoms with E-state index in [1.165, 1.54) is 0 Å². The summed E-state index contributed by atoms with van der Waals surface area (Å²) in [5.74, 6) is 0.671. The fourth-order valence-electron chi connectivity index (χ4n) is 1.90. The Labute approximate surface area is 133 Å². The number of aromatic nitrogens is 3. The molecule has 0 atom stereocenters. The molecule has 0 radical (unpaired) electrons. The molecule has 1 amide bonds. The van der Waals surface area contributed by atoms with E-state index in [-0.39, 0.29) is 5.91 Å². The molecule has 6 heteroatoms. The number of nitrogens with one attached hydrogen (secondary N) is 1. The molecule has 0 aliphatic rings. The predicted molar refractivity (Wildman–Crippen MR) is 85.5 cm³/mol. The molecule has 0 saturated heterocycles. The molecule has 2 heterocycles. The summed E-state index contributed by atoms with van der Waals surface area (Å²) in [6.45, 7) is 1.85. The molecule has 114 valence electrons. The number of hydrogen-bond donors (Lipinski definition) is 1. The number of rotatable bonds is 4. The van der Waals surface area contributed by atoms with Gasteiger partial charge in [0, 0.05) is 29.7 Å². The van der Waals surface area contributed by atoms with Crippen LogP contribution in [0.15, 0.2) is 60.9 Å². The van der Waals surface area contributed by atoms with E-state index in [4.69, 9.17) is 4.74 Å². The van der Waals surface area contributed by atoms with Crippen molar-refractivity contribution in [1.82, 2.24) is 15.2 Å². The molecule has 0 bridgehead atoms. The van der Waals surface area contributed by atoms with Crippen LogP contribution in [0.5, 0.6) is 11.6 Å². The van der Waals surface area contributed by atoms with Crippen LogP contribution in [0.1, 0.15) is 16.1 Å². The van der Waals surface area contributed by atoms with Crippen LogP contribution in [0.2, 0.25) is 0 Å². The van der Waals surface area contributed by atoms with E-state index in [9.17, 15) is 4.79 Å². The van der Waals surface area contributed by atoms with Gasteiger partial charge in [0.05, 0.1) is 5.69 Å². The number of anilines is 1. The normalized spacial score (nSPS) is 10.1. The summed E-state index contributed by atoms with van der Waals surface area (Å²) in [4.78, 5) is 16.2. The number of ether oxygens (including phenoxy) is 1. The second-order valence-electron chi connectivity index (χ2n) is 4.83. The molecule has 23 heavy (non-hydrogen) atoms. The Morgan fingerprint density at radius 3 is 2.61 bits per heavy atom. The number of pyridine rings is 1. The quantitative estimate of drug-likeness (QED) is 0.800. The van der Waals surface area contributed by atoms with Crippen LogP contribution in [0, 0.1) is 6.92 Å². The Kier molecular flexibility index (Phi) is 4.24. The van der Waals surface area contributed by atoms with Crippen LogP contribution < -0.4 is 10.1 Å². The van der Waals surface area contributed by atoms with Gasteiger partial charge in [-0.15, -0.1) is 5.10 Å². The maximum absolute atomic E-state index is 12.2. The van der Waals surface area contributed by atoms with Crippen molar-refractivity contribution in [3.8, 4) is 11.6 Å². The molecule has 0 unspecified atom stereocenters. The zero-order valence-corrected chi connectivity index (χ0v) is 12.4. The first-order valence-corrected chi connectivity index (χ1v) is 7.00. The summed E-state index contributed by atoms with van der Waals surface area (Å²) in [6.07, 6.45) is 3.23. The third-order valence-electron chi connectivity index (χ3n) is 3.03. The second kappa shape index (κ2) is 6.65. The second-order valence-corrected chi connectivity index (χ2v) is 4.83. The lowest BCUT2D eigenvalue weighted by Crippen LogP contribution is -2.11. The Morgan fingerprint density at radius 1 is 1.04 bits per heavy atom. The summed E-state index contributed by atoms with van der Waals surface area (Å²) >= 11 is 0. The van der Waals surface area contributed by atoms with Gasteiger partial charge in [-0.1, -0.05) is 6.07 Å². The summed E-state index contributed by atoms with van der Waals surface area (Å²) in [7, 11) is 0. The third kappa shape index (κ3) is 3.88. The molecule has 3 aromatic rings. The first-order chi connectivity index (χ1) is 11.2. The van der Waals surface area contributed by atoms with Crippen molar-refractivity contribution < 1.29 is 9.53 Å². The summed E-state index contributed by atoms with van der Waals surface area (Å²) in [5, 5.41) is 10.7. The predicted octanol–water partition coefficient (Wildman–Crippen LogP) is 3.22. The van der Waals surface area contributed by atoms with Gasteiger partial charge in [-0.05, 0) is 43.3 Å². The van der Waals surface area contributed by atoms with Gasteiger partial charge in [0.15, 0.2) is 0 Å². The average molecular weight is 306 g/mol. The summed E-state index contributed by atoms with van der Waals surface area (Å²) in [6, 6.07) is 13.8. The highest BCUT2D eigenvalue weighted by Gasteiger charge is 2.08. The van der Waals surface area contributed by atoms with E-state index >= 15 is 0 Å². The Balaban J connectivity index is 1.74. The number of carbonyl (C=O) groups excluding carboxylic acids is 1. The van der Waals surface area contributed by atoms with Gasteiger partial charge >= 0.3 is 0 Å². The Bertz CT molecular complexity index is 804. The van der Waals surface area contributed by atoms with E-state index in [2.05, 4.69) is 20.5 Å². The molecular formula is C17H14N4O2. The Morgan fingerprint density at radius 2 is 1.87 bits per heavy atom. The van der Waals surface area contributed by atoms with Crippen molar-refractivity contribution in [1.29, 1.82) is 0 Å². The minimum atomic E-state index is -0.225. The number of nitrogens with zero attached hydrogens (tertiary/aromatic N) is 3. The van der Waals surface area contributed by atoms with Gasteiger partial charge in [0.1, 0.15) is 5.75 Å². The third-order valence-corrected chi connectivity index (χ3v) is 3.03. The fourth-order valence-corrected chi connectivity index (χ4v) is 1.90. The fraction of sp³-hybridized carbons (Fsp3) is 0.0588. The maximum Gasteiger partial charge on any atom is 0.255 e. The minimum Gasteiger partial charge on any atom is -0.438 e. The van der Waals surface area contributed by atoms with Gasteiger partial charge < -0.3 is 10.1 Å². The molecule has 0 saturated carbocycles. The van der Waals surface area contributed by atoms with Crippen molar-refractivity contribution in [2.75, 3.05) is 5.32 Å². The maximum atomic E-state index is 12.2. The van der Waals surface area contributed by atoms with Crippen LogP contribution >= 0.6 is 0 Å². The molecule has 2 aromatic heterocycles. The molecule has 1 N–H and O–H groups in total.